The number of carbonyl (C=O) groups is 1. The smallest absolute Gasteiger partial charge is 0.337 e. The predicted octanol–water partition coefficient (Wildman–Crippen LogP) is 5.48. The maximum atomic E-state index is 12.4. The quantitative estimate of drug-likeness (QED) is 0.0838. The molecule has 0 amide bonds. The Morgan fingerprint density at radius 2 is 1.44 bits per heavy atom. The fourth-order valence-electron chi connectivity index (χ4n) is 4.04. The highest BCUT2D eigenvalue weighted by Gasteiger charge is 2.24. The number of hydrogen-bond donors (Lipinski definition) is 6. The van der Waals surface area contributed by atoms with Gasteiger partial charge in [-0.05, 0) is 60.1 Å². The Kier molecular flexibility index (Phi) is 8.32. The van der Waals surface area contributed by atoms with E-state index in [1.54, 1.807) is 0 Å². The first-order valence-electron chi connectivity index (χ1n) is 12.2. The first-order chi connectivity index (χ1) is 21.2. The first-order valence-corrected chi connectivity index (χ1v) is 15.5. The SMILES string of the molecule is O=C(O)c1ccccc1N=Nc1c(S(=O)(=O)O)cc2c(Nc3nc(Cl)nc(Nc4ccc(S(=O)(=O)O)cc4)n3)cccc2c1O. The molecule has 0 aliphatic heterocycles. The van der Waals surface area contributed by atoms with Gasteiger partial charge in [0.15, 0.2) is 5.75 Å². The molecular formula is C26H18ClN7O9S2. The van der Waals surface area contributed by atoms with Crippen LogP contribution in [0, 0.1) is 0 Å². The molecule has 0 aliphatic rings. The van der Waals surface area contributed by atoms with Gasteiger partial charge in [-0.3, -0.25) is 9.11 Å². The summed E-state index contributed by atoms with van der Waals surface area (Å²) in [6, 6.07) is 15.9. The first kappa shape index (κ1) is 31.2. The minimum Gasteiger partial charge on any atom is -0.505 e. The fourth-order valence-corrected chi connectivity index (χ4v) is 5.33. The lowest BCUT2D eigenvalue weighted by Crippen LogP contribution is -2.05. The van der Waals surface area contributed by atoms with Gasteiger partial charge in [-0.15, -0.1) is 10.2 Å². The van der Waals surface area contributed by atoms with Crippen molar-refractivity contribution in [3.05, 3.63) is 83.6 Å². The van der Waals surface area contributed by atoms with Gasteiger partial charge in [0, 0.05) is 22.1 Å². The highest BCUT2D eigenvalue weighted by Crippen LogP contribution is 2.43. The molecule has 0 saturated carbocycles. The molecule has 5 rings (SSSR count). The van der Waals surface area contributed by atoms with Crippen LogP contribution in [0.5, 0.6) is 5.75 Å². The number of anilines is 4. The molecule has 0 atom stereocenters. The van der Waals surface area contributed by atoms with Crippen molar-refractivity contribution < 1.29 is 40.9 Å². The minimum absolute atomic E-state index is 0.0605. The third-order valence-electron chi connectivity index (χ3n) is 6.03. The van der Waals surface area contributed by atoms with E-state index < -0.39 is 42.5 Å². The van der Waals surface area contributed by atoms with Crippen molar-refractivity contribution in [2.45, 2.75) is 9.79 Å². The summed E-state index contributed by atoms with van der Waals surface area (Å²) in [6.45, 7) is 0. The van der Waals surface area contributed by atoms with Crippen molar-refractivity contribution in [2.24, 2.45) is 10.2 Å². The van der Waals surface area contributed by atoms with Crippen LogP contribution in [-0.4, -0.2) is 57.1 Å². The van der Waals surface area contributed by atoms with Gasteiger partial charge in [-0.2, -0.15) is 31.8 Å². The predicted molar refractivity (Wildman–Crippen MR) is 161 cm³/mol. The number of phenolic OH excluding ortho intramolecular Hbond substituents is 1. The van der Waals surface area contributed by atoms with Crippen LogP contribution >= 0.6 is 11.6 Å². The minimum atomic E-state index is -5.01. The van der Waals surface area contributed by atoms with Crippen molar-refractivity contribution >= 4 is 83.2 Å². The summed E-state index contributed by atoms with van der Waals surface area (Å²) in [5, 5.41) is 33.5. The summed E-state index contributed by atoms with van der Waals surface area (Å²) >= 11 is 6.07. The largest absolute Gasteiger partial charge is 0.505 e. The Balaban J connectivity index is 1.54. The van der Waals surface area contributed by atoms with Gasteiger partial charge >= 0.3 is 5.97 Å². The normalized spacial score (nSPS) is 12.0. The summed E-state index contributed by atoms with van der Waals surface area (Å²) in [5.74, 6) is -2.22. The number of hydrogen-bond acceptors (Lipinski definition) is 13. The van der Waals surface area contributed by atoms with E-state index in [9.17, 15) is 36.4 Å². The number of phenols is 1. The third-order valence-corrected chi connectivity index (χ3v) is 7.93. The molecule has 1 aromatic heterocycles. The van der Waals surface area contributed by atoms with E-state index in [0.717, 1.165) is 18.2 Å². The second kappa shape index (κ2) is 12.0. The van der Waals surface area contributed by atoms with Crippen molar-refractivity contribution in [3.8, 4) is 5.75 Å². The zero-order chi connectivity index (χ0) is 32.5. The summed E-state index contributed by atoms with van der Waals surface area (Å²) in [7, 11) is -9.41. The van der Waals surface area contributed by atoms with Crippen LogP contribution in [0.25, 0.3) is 10.8 Å². The Hall–Kier alpha value is -5.27. The van der Waals surface area contributed by atoms with E-state index in [1.807, 2.05) is 0 Å². The average Bonchev–Trinajstić information content (AvgIpc) is 2.96. The number of nitrogens with one attached hydrogen (secondary N) is 2. The lowest BCUT2D eigenvalue weighted by atomic mass is 10.1. The second-order valence-electron chi connectivity index (χ2n) is 8.97. The average molecular weight is 672 g/mol. The summed E-state index contributed by atoms with van der Waals surface area (Å²) in [6.07, 6.45) is 0. The van der Waals surface area contributed by atoms with E-state index in [0.29, 0.717) is 5.69 Å². The molecule has 0 radical (unpaired) electrons. The van der Waals surface area contributed by atoms with Crippen LogP contribution in [0.4, 0.5) is 34.6 Å². The topological polar surface area (TPSA) is 254 Å². The number of nitrogens with zero attached hydrogens (tertiary/aromatic N) is 5. The van der Waals surface area contributed by atoms with Gasteiger partial charge in [0.2, 0.25) is 17.2 Å². The fraction of sp³-hybridized carbons (Fsp3) is 0. The van der Waals surface area contributed by atoms with Crippen molar-refractivity contribution in [3.63, 3.8) is 0 Å². The molecule has 0 unspecified atom stereocenters. The van der Waals surface area contributed by atoms with Gasteiger partial charge in [0.05, 0.1) is 10.5 Å². The molecule has 0 aliphatic carbocycles. The maximum Gasteiger partial charge on any atom is 0.337 e. The molecule has 45 heavy (non-hydrogen) atoms. The van der Waals surface area contributed by atoms with Crippen molar-refractivity contribution in [1.29, 1.82) is 0 Å². The molecule has 6 N–H and O–H groups in total. The molecule has 19 heteroatoms. The number of carboxylic acids is 1. The van der Waals surface area contributed by atoms with Crippen LogP contribution in [0.15, 0.2) is 92.8 Å². The Labute approximate surface area is 258 Å². The number of azo groups is 1. The lowest BCUT2D eigenvalue weighted by Gasteiger charge is -2.13. The van der Waals surface area contributed by atoms with E-state index in [4.69, 9.17) is 16.2 Å². The van der Waals surface area contributed by atoms with Crippen LogP contribution in [0.3, 0.4) is 0 Å². The second-order valence-corrected chi connectivity index (χ2v) is 12.1. The molecule has 230 valence electrons. The van der Waals surface area contributed by atoms with Crippen LogP contribution in [-0.2, 0) is 20.2 Å². The van der Waals surface area contributed by atoms with E-state index in [2.05, 4.69) is 35.8 Å². The van der Waals surface area contributed by atoms with Crippen LogP contribution < -0.4 is 10.6 Å². The van der Waals surface area contributed by atoms with Gasteiger partial charge in [0.1, 0.15) is 16.3 Å². The summed E-state index contributed by atoms with van der Waals surface area (Å²) < 4.78 is 66.4. The van der Waals surface area contributed by atoms with Gasteiger partial charge in [-0.1, -0.05) is 24.3 Å². The standard InChI is InChI=1S/C26H18ClN7O9S2/c27-24-30-25(28-13-8-10-14(11-9-13)44(38,39)40)32-26(31-24)29-18-7-3-5-15-17(18)12-20(45(41,42)43)21(22(15)35)34-33-19-6-2-1-4-16(19)23(36)37/h1-12,35H,(H,36,37)(H,38,39,40)(H,41,42,43)(H2,28,29,30,31,32). The van der Waals surface area contributed by atoms with E-state index in [1.165, 1.54) is 54.6 Å². The zero-order valence-corrected chi connectivity index (χ0v) is 24.6. The molecule has 0 spiro atoms. The van der Waals surface area contributed by atoms with Crippen molar-refractivity contribution in [1.82, 2.24) is 15.0 Å². The number of aromatic carboxylic acids is 1. The lowest BCUT2D eigenvalue weighted by molar-refractivity contribution is 0.0697. The van der Waals surface area contributed by atoms with Gasteiger partial charge in [0.25, 0.3) is 20.2 Å². The molecule has 1 heterocycles. The number of aromatic hydroxyl groups is 1. The van der Waals surface area contributed by atoms with Gasteiger partial charge in [-0.25, -0.2) is 4.79 Å². The molecule has 0 saturated heterocycles. The number of carboxylic acid groups (broad SMARTS) is 1. The molecule has 4 aromatic carbocycles. The van der Waals surface area contributed by atoms with Crippen molar-refractivity contribution in [2.75, 3.05) is 10.6 Å². The molecular weight excluding hydrogens is 654 g/mol. The van der Waals surface area contributed by atoms with Crippen LogP contribution in [0.1, 0.15) is 10.4 Å². The Bertz CT molecular complexity index is 2230. The number of aromatic nitrogens is 3. The molecule has 5 aromatic rings. The monoisotopic (exact) mass is 671 g/mol. The summed E-state index contributed by atoms with van der Waals surface area (Å²) in [5.41, 5.74) is -0.528. The highest BCUT2D eigenvalue weighted by molar-refractivity contribution is 7.86. The maximum absolute atomic E-state index is 12.4. The number of halogens is 1. The number of benzene rings is 4. The van der Waals surface area contributed by atoms with Crippen LogP contribution in [0.2, 0.25) is 5.28 Å². The highest BCUT2D eigenvalue weighted by atomic mass is 35.5. The zero-order valence-electron chi connectivity index (χ0n) is 22.2. The Morgan fingerprint density at radius 3 is 2.09 bits per heavy atom. The Morgan fingerprint density at radius 1 is 0.778 bits per heavy atom. The van der Waals surface area contributed by atoms with Gasteiger partial charge < -0.3 is 20.8 Å². The van der Waals surface area contributed by atoms with E-state index in [-0.39, 0.29) is 49.8 Å². The molecule has 16 nitrogen and oxygen atoms in total. The number of fused-ring (bicyclic) bond motifs is 1. The molecule has 0 fully saturated rings. The third kappa shape index (κ3) is 6.95. The summed E-state index contributed by atoms with van der Waals surface area (Å²) in [4.78, 5) is 22.5. The van der Waals surface area contributed by atoms with E-state index >= 15 is 0 Å². The molecule has 0 bridgehead atoms. The number of rotatable bonds is 9.